The first-order valence-corrected chi connectivity index (χ1v) is 7.10. The van der Waals surface area contributed by atoms with Gasteiger partial charge in [-0.25, -0.2) is 4.39 Å². The average Bonchev–Trinajstić information content (AvgIpc) is 2.28. The average molecular weight is 270 g/mol. The van der Waals surface area contributed by atoms with Gasteiger partial charge in [-0.2, -0.15) is 0 Å². The third-order valence-electron chi connectivity index (χ3n) is 4.43. The van der Waals surface area contributed by atoms with E-state index in [-0.39, 0.29) is 16.6 Å². The summed E-state index contributed by atoms with van der Waals surface area (Å²) in [5, 5.41) is 0.135. The van der Waals surface area contributed by atoms with Gasteiger partial charge in [0.1, 0.15) is 5.82 Å². The smallest absolute Gasteiger partial charge is 0.145 e. The Kier molecular flexibility index (Phi) is 3.96. The normalized spacial score (nSPS) is 29.3. The summed E-state index contributed by atoms with van der Waals surface area (Å²) in [6, 6.07) is 1.79. The molecule has 1 aromatic rings. The number of aromatic nitrogens is 1. The maximum Gasteiger partial charge on any atom is 0.145 e. The van der Waals surface area contributed by atoms with E-state index in [1.165, 1.54) is 12.6 Å². The second kappa shape index (κ2) is 5.16. The van der Waals surface area contributed by atoms with Crippen LogP contribution in [0.2, 0.25) is 0 Å². The molecule has 0 amide bonds. The zero-order valence-corrected chi connectivity index (χ0v) is 12.0. The molecule has 100 valence electrons. The highest BCUT2D eigenvalue weighted by molar-refractivity contribution is 6.20. The predicted molar refractivity (Wildman–Crippen MR) is 73.4 cm³/mol. The summed E-state index contributed by atoms with van der Waals surface area (Å²) in [7, 11) is 0. The predicted octanol–water partition coefficient (Wildman–Crippen LogP) is 4.54. The molecule has 1 aromatic heterocycles. The second-order valence-electron chi connectivity index (χ2n) is 6.12. The minimum atomic E-state index is -0.237. The fourth-order valence-electron chi connectivity index (χ4n) is 3.22. The SMILES string of the molecule is CC1CCC(C(C)(C)c2ccncc2F)C(Cl)C1. The van der Waals surface area contributed by atoms with E-state index < -0.39 is 0 Å². The Morgan fingerprint density at radius 1 is 1.39 bits per heavy atom. The second-order valence-corrected chi connectivity index (χ2v) is 6.68. The van der Waals surface area contributed by atoms with Crippen LogP contribution in [0.1, 0.15) is 45.6 Å². The molecule has 0 N–H and O–H groups in total. The van der Waals surface area contributed by atoms with E-state index >= 15 is 0 Å². The number of pyridine rings is 1. The fraction of sp³-hybridized carbons (Fsp3) is 0.667. The van der Waals surface area contributed by atoms with Crippen molar-refractivity contribution in [3.05, 3.63) is 29.8 Å². The van der Waals surface area contributed by atoms with E-state index in [0.717, 1.165) is 18.4 Å². The number of hydrogen-bond acceptors (Lipinski definition) is 1. The summed E-state index contributed by atoms with van der Waals surface area (Å²) < 4.78 is 13.9. The zero-order chi connectivity index (χ0) is 13.3. The fourth-order valence-corrected chi connectivity index (χ4v) is 3.97. The largest absolute Gasteiger partial charge is 0.262 e. The lowest BCUT2D eigenvalue weighted by Gasteiger charge is -2.42. The molecule has 2 rings (SSSR count). The highest BCUT2D eigenvalue weighted by Crippen LogP contribution is 2.44. The van der Waals surface area contributed by atoms with E-state index in [9.17, 15) is 4.39 Å². The van der Waals surface area contributed by atoms with Crippen LogP contribution in [-0.4, -0.2) is 10.4 Å². The maximum atomic E-state index is 13.9. The van der Waals surface area contributed by atoms with Crippen LogP contribution in [0.5, 0.6) is 0 Å². The summed E-state index contributed by atoms with van der Waals surface area (Å²) in [4.78, 5) is 3.83. The van der Waals surface area contributed by atoms with Crippen LogP contribution >= 0.6 is 11.6 Å². The van der Waals surface area contributed by atoms with Gasteiger partial charge in [0.05, 0.1) is 6.20 Å². The first-order chi connectivity index (χ1) is 8.43. The third kappa shape index (κ3) is 2.54. The molecule has 1 saturated carbocycles. The molecule has 0 aliphatic heterocycles. The van der Waals surface area contributed by atoms with Gasteiger partial charge in [-0.05, 0) is 41.7 Å². The van der Waals surface area contributed by atoms with Gasteiger partial charge in [0.15, 0.2) is 0 Å². The molecule has 3 atom stereocenters. The van der Waals surface area contributed by atoms with Crippen molar-refractivity contribution >= 4 is 11.6 Å². The monoisotopic (exact) mass is 269 g/mol. The number of hydrogen-bond donors (Lipinski definition) is 0. The van der Waals surface area contributed by atoms with E-state index in [1.807, 2.05) is 0 Å². The molecular formula is C15H21ClFN. The van der Waals surface area contributed by atoms with E-state index in [2.05, 4.69) is 25.8 Å². The first-order valence-electron chi connectivity index (χ1n) is 6.67. The van der Waals surface area contributed by atoms with Crippen molar-refractivity contribution in [1.82, 2.24) is 4.98 Å². The van der Waals surface area contributed by atoms with Crippen molar-refractivity contribution in [1.29, 1.82) is 0 Å². The quantitative estimate of drug-likeness (QED) is 0.718. The van der Waals surface area contributed by atoms with Gasteiger partial charge in [-0.1, -0.05) is 27.2 Å². The van der Waals surface area contributed by atoms with E-state index in [0.29, 0.717) is 11.8 Å². The molecule has 3 unspecified atom stereocenters. The van der Waals surface area contributed by atoms with Crippen molar-refractivity contribution in [2.45, 2.75) is 50.8 Å². The Morgan fingerprint density at radius 2 is 2.11 bits per heavy atom. The Bertz CT molecular complexity index is 419. The third-order valence-corrected chi connectivity index (χ3v) is 4.91. The number of nitrogens with zero attached hydrogens (tertiary/aromatic N) is 1. The van der Waals surface area contributed by atoms with Crippen LogP contribution in [0.3, 0.4) is 0 Å². The van der Waals surface area contributed by atoms with Crippen molar-refractivity contribution < 1.29 is 4.39 Å². The number of halogens is 2. The van der Waals surface area contributed by atoms with Crippen molar-refractivity contribution in [3.63, 3.8) is 0 Å². The zero-order valence-electron chi connectivity index (χ0n) is 11.3. The molecule has 0 spiro atoms. The molecule has 3 heteroatoms. The van der Waals surface area contributed by atoms with Crippen molar-refractivity contribution in [2.75, 3.05) is 0 Å². The van der Waals surface area contributed by atoms with Crippen LogP contribution in [0.25, 0.3) is 0 Å². The molecule has 0 aromatic carbocycles. The number of rotatable bonds is 2. The summed E-state index contributed by atoms with van der Waals surface area (Å²) in [5.74, 6) is 0.791. The molecule has 1 fully saturated rings. The van der Waals surface area contributed by atoms with Gasteiger partial charge >= 0.3 is 0 Å². The molecule has 18 heavy (non-hydrogen) atoms. The summed E-state index contributed by atoms with van der Waals surface area (Å²) >= 11 is 6.53. The Balaban J connectivity index is 2.28. The van der Waals surface area contributed by atoms with E-state index in [1.54, 1.807) is 12.3 Å². The lowest BCUT2D eigenvalue weighted by atomic mass is 9.66. The van der Waals surface area contributed by atoms with Crippen LogP contribution in [0.4, 0.5) is 4.39 Å². The van der Waals surface area contributed by atoms with Gasteiger partial charge in [-0.3, -0.25) is 4.98 Å². The lowest BCUT2D eigenvalue weighted by molar-refractivity contribution is 0.203. The summed E-state index contributed by atoms with van der Waals surface area (Å²) in [6.45, 7) is 6.44. The Hall–Kier alpha value is -0.630. The molecule has 0 saturated heterocycles. The van der Waals surface area contributed by atoms with Crippen LogP contribution < -0.4 is 0 Å². The molecular weight excluding hydrogens is 249 g/mol. The standard InChI is InChI=1S/C15H21ClFN/c1-10-4-5-11(13(16)8-10)15(2,3)12-6-7-18-9-14(12)17/h6-7,9-11,13H,4-5,8H2,1-3H3. The molecule has 1 aliphatic rings. The Labute approximate surface area is 114 Å². The highest BCUT2D eigenvalue weighted by atomic mass is 35.5. The molecule has 1 nitrogen and oxygen atoms in total. The minimum absolute atomic E-state index is 0.135. The molecule has 0 bridgehead atoms. The maximum absolute atomic E-state index is 13.9. The van der Waals surface area contributed by atoms with Gasteiger partial charge in [-0.15, -0.1) is 11.6 Å². The van der Waals surface area contributed by atoms with Crippen molar-refractivity contribution in [3.8, 4) is 0 Å². The van der Waals surface area contributed by atoms with Gasteiger partial charge in [0, 0.05) is 11.6 Å². The molecule has 0 radical (unpaired) electrons. The topological polar surface area (TPSA) is 12.9 Å². The molecule has 1 heterocycles. The van der Waals surface area contributed by atoms with E-state index in [4.69, 9.17) is 11.6 Å². The van der Waals surface area contributed by atoms with Crippen LogP contribution in [0, 0.1) is 17.7 Å². The minimum Gasteiger partial charge on any atom is -0.262 e. The Morgan fingerprint density at radius 3 is 2.72 bits per heavy atom. The van der Waals surface area contributed by atoms with Crippen molar-refractivity contribution in [2.24, 2.45) is 11.8 Å². The van der Waals surface area contributed by atoms with Crippen LogP contribution in [-0.2, 0) is 5.41 Å². The van der Waals surface area contributed by atoms with Gasteiger partial charge in [0.25, 0.3) is 0 Å². The summed E-state index contributed by atoms with van der Waals surface area (Å²) in [5.41, 5.74) is 0.502. The number of alkyl halides is 1. The first kappa shape index (κ1) is 13.8. The van der Waals surface area contributed by atoms with Gasteiger partial charge < -0.3 is 0 Å². The highest BCUT2D eigenvalue weighted by Gasteiger charge is 2.40. The molecule has 1 aliphatic carbocycles. The van der Waals surface area contributed by atoms with Gasteiger partial charge in [0.2, 0.25) is 0 Å². The summed E-state index contributed by atoms with van der Waals surface area (Å²) in [6.07, 6.45) is 6.25. The van der Waals surface area contributed by atoms with Crippen LogP contribution in [0.15, 0.2) is 18.5 Å². The lowest BCUT2D eigenvalue weighted by Crippen LogP contribution is -2.39.